The standard InChI is InChI=1S/C17H14N2O2/c1-11(20)15-7-6-13(9-16(15)18)21-14-5-4-12-3-2-8-19-17(12)10-14/h2-10H,18H2,1H3. The number of rotatable bonds is 3. The number of hydrogen-bond donors (Lipinski definition) is 1. The molecule has 0 aliphatic carbocycles. The maximum Gasteiger partial charge on any atom is 0.161 e. The number of hydrogen-bond acceptors (Lipinski definition) is 4. The van der Waals surface area contributed by atoms with Crippen molar-refractivity contribution in [2.45, 2.75) is 6.92 Å². The lowest BCUT2D eigenvalue weighted by Crippen LogP contribution is -1.99. The van der Waals surface area contributed by atoms with Crippen LogP contribution in [0.2, 0.25) is 0 Å². The van der Waals surface area contributed by atoms with Crippen LogP contribution in [0.1, 0.15) is 17.3 Å². The Morgan fingerprint density at radius 2 is 1.86 bits per heavy atom. The second-order valence-corrected chi connectivity index (χ2v) is 4.77. The topological polar surface area (TPSA) is 65.2 Å². The Kier molecular flexibility index (Phi) is 3.28. The van der Waals surface area contributed by atoms with Crippen LogP contribution in [0.15, 0.2) is 54.7 Å². The molecule has 21 heavy (non-hydrogen) atoms. The minimum atomic E-state index is -0.0612. The van der Waals surface area contributed by atoms with Gasteiger partial charge in [-0.25, -0.2) is 0 Å². The van der Waals surface area contributed by atoms with E-state index in [0.29, 0.717) is 22.7 Å². The third-order valence-electron chi connectivity index (χ3n) is 3.22. The summed E-state index contributed by atoms with van der Waals surface area (Å²) < 4.78 is 5.77. The molecule has 0 radical (unpaired) electrons. The van der Waals surface area contributed by atoms with Gasteiger partial charge in [-0.15, -0.1) is 0 Å². The molecule has 4 heteroatoms. The van der Waals surface area contributed by atoms with E-state index in [1.807, 2.05) is 30.3 Å². The molecule has 0 spiro atoms. The molecular weight excluding hydrogens is 264 g/mol. The number of fused-ring (bicyclic) bond motifs is 1. The number of nitrogens with two attached hydrogens (primary N) is 1. The van der Waals surface area contributed by atoms with E-state index in [9.17, 15) is 4.79 Å². The third kappa shape index (κ3) is 2.69. The lowest BCUT2D eigenvalue weighted by Gasteiger charge is -2.09. The fraction of sp³-hybridized carbons (Fsp3) is 0.0588. The van der Waals surface area contributed by atoms with Gasteiger partial charge in [-0.2, -0.15) is 0 Å². The van der Waals surface area contributed by atoms with Crippen LogP contribution >= 0.6 is 0 Å². The van der Waals surface area contributed by atoms with Gasteiger partial charge in [-0.3, -0.25) is 9.78 Å². The van der Waals surface area contributed by atoms with Crippen molar-refractivity contribution in [3.63, 3.8) is 0 Å². The van der Waals surface area contributed by atoms with Gasteiger partial charge < -0.3 is 10.5 Å². The van der Waals surface area contributed by atoms with Crippen molar-refractivity contribution >= 4 is 22.4 Å². The number of benzene rings is 2. The molecule has 0 atom stereocenters. The predicted molar refractivity (Wildman–Crippen MR) is 82.7 cm³/mol. The van der Waals surface area contributed by atoms with E-state index in [0.717, 1.165) is 10.9 Å². The number of carbonyl (C=O) groups excluding carboxylic acids is 1. The molecule has 0 aliphatic heterocycles. The monoisotopic (exact) mass is 278 g/mol. The van der Waals surface area contributed by atoms with Crippen LogP contribution in [0.25, 0.3) is 10.9 Å². The van der Waals surface area contributed by atoms with Crippen molar-refractivity contribution < 1.29 is 9.53 Å². The first-order valence-electron chi connectivity index (χ1n) is 6.56. The number of aromatic nitrogens is 1. The zero-order chi connectivity index (χ0) is 14.8. The predicted octanol–water partition coefficient (Wildman–Crippen LogP) is 3.81. The Bertz CT molecular complexity index is 828. The summed E-state index contributed by atoms with van der Waals surface area (Å²) in [6.45, 7) is 1.49. The number of carbonyl (C=O) groups is 1. The highest BCUT2D eigenvalue weighted by atomic mass is 16.5. The van der Waals surface area contributed by atoms with E-state index in [1.165, 1.54) is 6.92 Å². The van der Waals surface area contributed by atoms with Gasteiger partial charge in [0, 0.05) is 35.0 Å². The molecule has 0 fully saturated rings. The highest BCUT2D eigenvalue weighted by Crippen LogP contribution is 2.27. The molecule has 0 amide bonds. The summed E-state index contributed by atoms with van der Waals surface area (Å²) >= 11 is 0. The Hall–Kier alpha value is -2.88. The minimum absolute atomic E-state index is 0.0612. The molecule has 3 rings (SSSR count). The van der Waals surface area contributed by atoms with Gasteiger partial charge in [0.2, 0.25) is 0 Å². The molecule has 0 aliphatic rings. The fourth-order valence-corrected chi connectivity index (χ4v) is 2.17. The first-order valence-corrected chi connectivity index (χ1v) is 6.56. The molecule has 0 unspecified atom stereocenters. The van der Waals surface area contributed by atoms with Gasteiger partial charge in [0.15, 0.2) is 5.78 Å². The van der Waals surface area contributed by atoms with Crippen molar-refractivity contribution in [2.24, 2.45) is 0 Å². The summed E-state index contributed by atoms with van der Waals surface area (Å²) in [7, 11) is 0. The summed E-state index contributed by atoms with van der Waals surface area (Å²) in [6, 6.07) is 14.6. The van der Waals surface area contributed by atoms with E-state index in [4.69, 9.17) is 10.5 Å². The largest absolute Gasteiger partial charge is 0.457 e. The van der Waals surface area contributed by atoms with E-state index in [1.54, 1.807) is 24.4 Å². The third-order valence-corrected chi connectivity index (χ3v) is 3.22. The average Bonchev–Trinajstić information content (AvgIpc) is 2.47. The average molecular weight is 278 g/mol. The second-order valence-electron chi connectivity index (χ2n) is 4.77. The van der Waals surface area contributed by atoms with E-state index < -0.39 is 0 Å². The summed E-state index contributed by atoms with van der Waals surface area (Å²) in [5, 5.41) is 1.05. The summed E-state index contributed by atoms with van der Waals surface area (Å²) in [5.41, 5.74) is 7.64. The zero-order valence-corrected chi connectivity index (χ0v) is 11.5. The maximum atomic E-state index is 11.4. The summed E-state index contributed by atoms with van der Waals surface area (Å²) in [6.07, 6.45) is 1.74. The first-order chi connectivity index (χ1) is 10.1. The quantitative estimate of drug-likeness (QED) is 0.584. The number of nitrogens with zero attached hydrogens (tertiary/aromatic N) is 1. The van der Waals surface area contributed by atoms with Crippen LogP contribution in [-0.4, -0.2) is 10.8 Å². The van der Waals surface area contributed by atoms with E-state index in [-0.39, 0.29) is 5.78 Å². The number of nitrogen functional groups attached to an aromatic ring is 1. The van der Waals surface area contributed by atoms with E-state index >= 15 is 0 Å². The lowest BCUT2D eigenvalue weighted by atomic mass is 10.1. The van der Waals surface area contributed by atoms with E-state index in [2.05, 4.69) is 4.98 Å². The van der Waals surface area contributed by atoms with Gasteiger partial charge in [-0.05, 0) is 37.3 Å². The summed E-state index contributed by atoms with van der Waals surface area (Å²) in [5.74, 6) is 1.21. The molecule has 1 heterocycles. The molecule has 2 N–H and O–H groups in total. The highest BCUT2D eigenvalue weighted by molar-refractivity contribution is 5.99. The van der Waals surface area contributed by atoms with Crippen LogP contribution < -0.4 is 10.5 Å². The molecular formula is C17H14N2O2. The SMILES string of the molecule is CC(=O)c1ccc(Oc2ccc3cccnc3c2)cc1N. The van der Waals surface area contributed by atoms with Gasteiger partial charge in [-0.1, -0.05) is 6.07 Å². The molecule has 2 aromatic carbocycles. The van der Waals surface area contributed by atoms with Gasteiger partial charge in [0.05, 0.1) is 5.52 Å². The molecule has 0 saturated carbocycles. The number of ether oxygens (including phenoxy) is 1. The van der Waals surface area contributed by atoms with Crippen LogP contribution in [0.5, 0.6) is 11.5 Å². The Labute approximate surface area is 122 Å². The van der Waals surface area contributed by atoms with Crippen molar-refractivity contribution in [3.05, 3.63) is 60.3 Å². The molecule has 1 aromatic heterocycles. The zero-order valence-electron chi connectivity index (χ0n) is 11.5. The molecule has 3 aromatic rings. The van der Waals surface area contributed by atoms with Gasteiger partial charge >= 0.3 is 0 Å². The lowest BCUT2D eigenvalue weighted by molar-refractivity contribution is 0.101. The second kappa shape index (κ2) is 5.25. The van der Waals surface area contributed by atoms with Gasteiger partial charge in [0.25, 0.3) is 0 Å². The fourth-order valence-electron chi connectivity index (χ4n) is 2.17. The molecule has 0 bridgehead atoms. The van der Waals surface area contributed by atoms with Crippen molar-refractivity contribution in [1.82, 2.24) is 4.98 Å². The molecule has 0 saturated heterocycles. The van der Waals surface area contributed by atoms with Crippen molar-refractivity contribution in [1.29, 1.82) is 0 Å². The first kappa shape index (κ1) is 13.1. The molecule has 104 valence electrons. The molecule has 4 nitrogen and oxygen atoms in total. The normalized spacial score (nSPS) is 10.5. The Morgan fingerprint density at radius 1 is 1.10 bits per heavy atom. The maximum absolute atomic E-state index is 11.4. The van der Waals surface area contributed by atoms with Crippen molar-refractivity contribution in [2.75, 3.05) is 5.73 Å². The van der Waals surface area contributed by atoms with Crippen LogP contribution in [0.3, 0.4) is 0 Å². The highest BCUT2D eigenvalue weighted by Gasteiger charge is 2.07. The minimum Gasteiger partial charge on any atom is -0.457 e. The number of pyridine rings is 1. The number of Topliss-reactive ketones (excluding diaryl/α,β-unsaturated/α-hetero) is 1. The summed E-state index contributed by atoms with van der Waals surface area (Å²) in [4.78, 5) is 15.6. The van der Waals surface area contributed by atoms with Crippen LogP contribution in [0, 0.1) is 0 Å². The van der Waals surface area contributed by atoms with Gasteiger partial charge in [0.1, 0.15) is 11.5 Å². The van der Waals surface area contributed by atoms with Crippen LogP contribution in [-0.2, 0) is 0 Å². The smallest absolute Gasteiger partial charge is 0.161 e. The van der Waals surface area contributed by atoms with Crippen LogP contribution in [0.4, 0.5) is 5.69 Å². The Balaban J connectivity index is 1.91. The van der Waals surface area contributed by atoms with Crippen molar-refractivity contribution in [3.8, 4) is 11.5 Å². The number of anilines is 1. The Morgan fingerprint density at radius 3 is 2.62 bits per heavy atom. The number of ketones is 1.